The summed E-state index contributed by atoms with van der Waals surface area (Å²) in [6.45, 7) is 2.18. The lowest BCUT2D eigenvalue weighted by Gasteiger charge is -2.58. The number of piperidine rings is 1. The van der Waals surface area contributed by atoms with Gasteiger partial charge in [0.05, 0.1) is 6.04 Å². The topological polar surface area (TPSA) is 40.5 Å². The predicted molar refractivity (Wildman–Crippen MR) is 88.8 cm³/mol. The first-order chi connectivity index (χ1) is 11.2. The van der Waals surface area contributed by atoms with Gasteiger partial charge in [-0.3, -0.25) is 9.69 Å². The molecule has 1 aromatic rings. The first-order valence-corrected chi connectivity index (χ1v) is 9.31. The van der Waals surface area contributed by atoms with Crippen molar-refractivity contribution >= 4 is 5.78 Å². The summed E-state index contributed by atoms with van der Waals surface area (Å²) in [7, 11) is 0. The highest BCUT2D eigenvalue weighted by Crippen LogP contribution is 2.56. The van der Waals surface area contributed by atoms with Gasteiger partial charge in [0.25, 0.3) is 0 Å². The van der Waals surface area contributed by atoms with E-state index in [2.05, 4.69) is 4.90 Å². The molecule has 1 heterocycles. The molecule has 4 aliphatic rings. The van der Waals surface area contributed by atoms with Gasteiger partial charge in [0, 0.05) is 17.5 Å². The van der Waals surface area contributed by atoms with E-state index < -0.39 is 0 Å². The van der Waals surface area contributed by atoms with Gasteiger partial charge in [0.2, 0.25) is 0 Å². The Hall–Kier alpha value is -1.35. The molecule has 3 aliphatic carbocycles. The molecule has 1 aliphatic heterocycles. The number of nitrogens with zero attached hydrogens (tertiary/aromatic N) is 1. The maximum absolute atomic E-state index is 13.3. The number of phenols is 1. The Morgan fingerprint density at radius 1 is 1.17 bits per heavy atom. The summed E-state index contributed by atoms with van der Waals surface area (Å²) in [5.41, 5.74) is 2.20. The van der Waals surface area contributed by atoms with Crippen molar-refractivity contribution in [3.05, 3.63) is 29.3 Å². The number of carbonyl (C=O) groups excluding carboxylic acids is 1. The zero-order valence-corrected chi connectivity index (χ0v) is 13.6. The van der Waals surface area contributed by atoms with Gasteiger partial charge < -0.3 is 5.11 Å². The fraction of sp³-hybridized carbons (Fsp3) is 0.650. The summed E-state index contributed by atoms with van der Waals surface area (Å²) in [5, 5.41) is 10.0. The molecular weight excluding hydrogens is 286 g/mol. The van der Waals surface area contributed by atoms with Crippen molar-refractivity contribution in [2.45, 2.75) is 56.4 Å². The first-order valence-electron chi connectivity index (χ1n) is 9.31. The summed E-state index contributed by atoms with van der Waals surface area (Å²) in [5.74, 6) is 1.93. The number of likely N-dealkylation sites (tertiary alicyclic amines) is 1. The number of aromatic hydroxyl groups is 1. The van der Waals surface area contributed by atoms with E-state index in [4.69, 9.17) is 0 Å². The van der Waals surface area contributed by atoms with Crippen molar-refractivity contribution in [1.82, 2.24) is 4.90 Å². The maximum Gasteiger partial charge on any atom is 0.180 e. The Morgan fingerprint density at radius 3 is 2.87 bits per heavy atom. The van der Waals surface area contributed by atoms with Crippen molar-refractivity contribution < 1.29 is 9.90 Å². The van der Waals surface area contributed by atoms with Crippen molar-refractivity contribution in [2.75, 3.05) is 13.1 Å². The third-order valence-corrected chi connectivity index (χ3v) is 6.98. The number of Topliss-reactive ketones (excluding diaryl/α,β-unsaturated/α-hetero) is 1. The average Bonchev–Trinajstić information content (AvgIpc) is 3.37. The molecule has 3 nitrogen and oxygen atoms in total. The van der Waals surface area contributed by atoms with E-state index >= 15 is 0 Å². The number of fused-ring (bicyclic) bond motifs is 1. The average molecular weight is 311 g/mol. The highest BCUT2D eigenvalue weighted by Gasteiger charge is 2.57. The molecule has 2 saturated carbocycles. The molecule has 3 heteroatoms. The summed E-state index contributed by atoms with van der Waals surface area (Å²) in [6, 6.07) is 5.57. The van der Waals surface area contributed by atoms with Crippen LogP contribution in [0.15, 0.2) is 18.2 Å². The van der Waals surface area contributed by atoms with Gasteiger partial charge in [0.1, 0.15) is 5.75 Å². The first kappa shape index (κ1) is 14.0. The van der Waals surface area contributed by atoms with Crippen LogP contribution in [0.2, 0.25) is 0 Å². The molecule has 3 atom stereocenters. The predicted octanol–water partition coefficient (Wildman–Crippen LogP) is 3.50. The Bertz CT molecular complexity index is 666. The highest BCUT2D eigenvalue weighted by atomic mass is 16.3. The minimum atomic E-state index is 0.0988. The van der Waals surface area contributed by atoms with Gasteiger partial charge in [-0.25, -0.2) is 0 Å². The maximum atomic E-state index is 13.3. The van der Waals surface area contributed by atoms with Crippen molar-refractivity contribution in [3.63, 3.8) is 0 Å². The molecule has 0 amide bonds. The van der Waals surface area contributed by atoms with E-state index in [-0.39, 0.29) is 11.5 Å². The van der Waals surface area contributed by atoms with Crippen molar-refractivity contribution in [3.8, 4) is 5.75 Å². The van der Waals surface area contributed by atoms with Crippen LogP contribution in [0.3, 0.4) is 0 Å². The molecular formula is C20H25NO2. The van der Waals surface area contributed by atoms with Crippen LogP contribution in [0.1, 0.15) is 60.9 Å². The fourth-order valence-electron chi connectivity index (χ4n) is 5.75. The number of rotatable bonds is 2. The Kier molecular flexibility index (Phi) is 2.94. The van der Waals surface area contributed by atoms with Gasteiger partial charge in [-0.05, 0) is 74.2 Å². The summed E-state index contributed by atoms with van der Waals surface area (Å²) >= 11 is 0. The Labute approximate surface area is 137 Å². The van der Waals surface area contributed by atoms with Gasteiger partial charge in [0.15, 0.2) is 5.78 Å². The fourth-order valence-corrected chi connectivity index (χ4v) is 5.75. The molecule has 2 bridgehead atoms. The van der Waals surface area contributed by atoms with Crippen LogP contribution >= 0.6 is 0 Å². The van der Waals surface area contributed by atoms with Crippen LogP contribution in [0.4, 0.5) is 0 Å². The summed E-state index contributed by atoms with van der Waals surface area (Å²) in [4.78, 5) is 15.8. The van der Waals surface area contributed by atoms with Crippen molar-refractivity contribution in [2.24, 2.45) is 11.8 Å². The van der Waals surface area contributed by atoms with Crippen LogP contribution in [0, 0.1) is 11.8 Å². The van der Waals surface area contributed by atoms with Gasteiger partial charge in [-0.15, -0.1) is 0 Å². The quantitative estimate of drug-likeness (QED) is 0.909. The zero-order valence-electron chi connectivity index (χ0n) is 13.6. The monoisotopic (exact) mass is 311 g/mol. The summed E-state index contributed by atoms with van der Waals surface area (Å²) < 4.78 is 0. The Morgan fingerprint density at radius 2 is 2.04 bits per heavy atom. The molecule has 1 saturated heterocycles. The minimum Gasteiger partial charge on any atom is -0.508 e. The SMILES string of the molecule is O=C1c2ccc(O)cc2[C@]23CCCC[C@H]2[C@H]1N(CC1CC1)CC3. The second-order valence-corrected chi connectivity index (χ2v) is 8.24. The number of hydrogen-bond donors (Lipinski definition) is 1. The second-order valence-electron chi connectivity index (χ2n) is 8.24. The number of phenolic OH excluding ortho intramolecular Hbond substituents is 1. The van der Waals surface area contributed by atoms with E-state index in [9.17, 15) is 9.90 Å². The largest absolute Gasteiger partial charge is 0.508 e. The minimum absolute atomic E-state index is 0.0988. The lowest BCUT2D eigenvalue weighted by atomic mass is 9.52. The third kappa shape index (κ3) is 1.95. The van der Waals surface area contributed by atoms with Crippen LogP contribution < -0.4 is 0 Å². The lowest BCUT2D eigenvalue weighted by Crippen LogP contribution is -2.63. The number of carbonyl (C=O) groups is 1. The van der Waals surface area contributed by atoms with Gasteiger partial charge in [-0.2, -0.15) is 0 Å². The van der Waals surface area contributed by atoms with Gasteiger partial charge >= 0.3 is 0 Å². The lowest BCUT2D eigenvalue weighted by molar-refractivity contribution is -0.00439. The van der Waals surface area contributed by atoms with Gasteiger partial charge in [-0.1, -0.05) is 12.8 Å². The zero-order chi connectivity index (χ0) is 15.6. The third-order valence-electron chi connectivity index (χ3n) is 6.98. The molecule has 0 spiro atoms. The molecule has 3 fully saturated rings. The second kappa shape index (κ2) is 4.83. The van der Waals surface area contributed by atoms with E-state index in [1.807, 2.05) is 12.1 Å². The van der Waals surface area contributed by atoms with E-state index in [0.717, 1.165) is 36.6 Å². The number of benzene rings is 1. The van der Waals surface area contributed by atoms with E-state index in [1.165, 1.54) is 38.5 Å². The number of hydrogen-bond acceptors (Lipinski definition) is 3. The highest BCUT2D eigenvalue weighted by molar-refractivity contribution is 6.04. The molecule has 1 aromatic carbocycles. The standard InChI is InChI=1S/C20H25NO2/c22-14-6-7-15-17(11-14)20-8-2-1-3-16(20)18(19(15)23)21(10-9-20)12-13-4-5-13/h6-7,11,13,16,18,22H,1-5,8-10,12H2/t16-,18+,20-/m0/s1. The van der Waals surface area contributed by atoms with E-state index in [0.29, 0.717) is 17.5 Å². The van der Waals surface area contributed by atoms with Crippen LogP contribution in [0.5, 0.6) is 5.75 Å². The van der Waals surface area contributed by atoms with Crippen LogP contribution in [-0.2, 0) is 5.41 Å². The van der Waals surface area contributed by atoms with E-state index in [1.54, 1.807) is 6.07 Å². The van der Waals surface area contributed by atoms with Crippen LogP contribution in [0.25, 0.3) is 0 Å². The normalized spacial score (nSPS) is 36.4. The molecule has 5 rings (SSSR count). The smallest absolute Gasteiger partial charge is 0.180 e. The van der Waals surface area contributed by atoms with Crippen molar-refractivity contribution in [1.29, 1.82) is 0 Å². The molecule has 0 unspecified atom stereocenters. The number of ketones is 1. The Balaban J connectivity index is 1.64. The molecule has 0 aromatic heterocycles. The molecule has 122 valence electrons. The molecule has 0 radical (unpaired) electrons. The molecule has 23 heavy (non-hydrogen) atoms. The summed E-state index contributed by atoms with van der Waals surface area (Å²) in [6.07, 6.45) is 8.72. The van der Waals surface area contributed by atoms with Crippen LogP contribution in [-0.4, -0.2) is 34.9 Å². The molecule has 1 N–H and O–H groups in total.